The fourth-order valence-electron chi connectivity index (χ4n) is 2.58. The van der Waals surface area contributed by atoms with Crippen molar-refractivity contribution in [3.05, 3.63) is 23.6 Å². The van der Waals surface area contributed by atoms with E-state index in [9.17, 15) is 13.2 Å². The third kappa shape index (κ3) is 3.85. The third-order valence-corrected chi connectivity index (χ3v) is 3.87. The molecule has 0 radical (unpaired) electrons. The number of aromatic nitrogens is 1. The van der Waals surface area contributed by atoms with E-state index in [1.807, 2.05) is 0 Å². The Labute approximate surface area is 111 Å². The van der Waals surface area contributed by atoms with Crippen LogP contribution in [0.25, 0.3) is 0 Å². The first-order valence-corrected chi connectivity index (χ1v) is 6.81. The van der Waals surface area contributed by atoms with Crippen LogP contribution in [0.1, 0.15) is 39.0 Å². The van der Waals surface area contributed by atoms with Gasteiger partial charge in [-0.25, -0.2) is 8.78 Å². The Morgan fingerprint density at radius 1 is 1.16 bits per heavy atom. The van der Waals surface area contributed by atoms with Gasteiger partial charge in [0, 0.05) is 12.6 Å². The summed E-state index contributed by atoms with van der Waals surface area (Å²) in [5, 5.41) is 2.75. The molecule has 106 valence electrons. The van der Waals surface area contributed by atoms with Crippen molar-refractivity contribution in [3.63, 3.8) is 0 Å². The molecule has 1 heterocycles. The molecular formula is C14H19F3N2. The summed E-state index contributed by atoms with van der Waals surface area (Å²) < 4.78 is 38.9. The normalized spacial score (nSPS) is 23.4. The fraction of sp³-hybridized carbons (Fsp3) is 0.643. The molecule has 0 unspecified atom stereocenters. The molecule has 0 aliphatic heterocycles. The zero-order chi connectivity index (χ0) is 13.8. The van der Waals surface area contributed by atoms with Crippen LogP contribution < -0.4 is 5.32 Å². The molecule has 1 saturated carbocycles. The molecule has 1 aliphatic rings. The summed E-state index contributed by atoms with van der Waals surface area (Å²) in [4.78, 5) is 3.24. The number of anilines is 1. The summed E-state index contributed by atoms with van der Waals surface area (Å²) in [6, 6.07) is 0.521. The standard InChI is InChI=1S/C14H19F3N2/c1-9-2-4-10(5-3-9)6-7-18-14-12(16)8-11(15)13(17)19-14/h8-10H,2-7H2,1H3,(H,18,19). The highest BCUT2D eigenvalue weighted by Gasteiger charge is 2.18. The number of nitrogens with one attached hydrogen (secondary N) is 1. The lowest BCUT2D eigenvalue weighted by Gasteiger charge is -2.26. The summed E-state index contributed by atoms with van der Waals surface area (Å²) in [5.74, 6) is -2.15. The Hall–Kier alpha value is -1.26. The summed E-state index contributed by atoms with van der Waals surface area (Å²) >= 11 is 0. The van der Waals surface area contributed by atoms with Gasteiger partial charge in [0.25, 0.3) is 5.95 Å². The predicted molar refractivity (Wildman–Crippen MR) is 68.3 cm³/mol. The van der Waals surface area contributed by atoms with Crippen LogP contribution in [0.4, 0.5) is 19.0 Å². The Kier molecular flexibility index (Phi) is 4.66. The van der Waals surface area contributed by atoms with Crippen LogP contribution >= 0.6 is 0 Å². The monoisotopic (exact) mass is 272 g/mol. The zero-order valence-corrected chi connectivity index (χ0v) is 11.1. The lowest BCUT2D eigenvalue weighted by molar-refractivity contribution is 0.281. The van der Waals surface area contributed by atoms with Crippen LogP contribution in [0.2, 0.25) is 0 Å². The minimum absolute atomic E-state index is 0.205. The van der Waals surface area contributed by atoms with Crippen molar-refractivity contribution < 1.29 is 13.2 Å². The van der Waals surface area contributed by atoms with E-state index < -0.39 is 17.6 Å². The van der Waals surface area contributed by atoms with Gasteiger partial charge in [0.2, 0.25) is 0 Å². The van der Waals surface area contributed by atoms with E-state index in [0.717, 1.165) is 12.3 Å². The van der Waals surface area contributed by atoms with Gasteiger partial charge in [-0.1, -0.05) is 32.6 Å². The van der Waals surface area contributed by atoms with Crippen molar-refractivity contribution in [2.75, 3.05) is 11.9 Å². The van der Waals surface area contributed by atoms with Crippen LogP contribution in [-0.4, -0.2) is 11.5 Å². The van der Waals surface area contributed by atoms with Gasteiger partial charge >= 0.3 is 0 Å². The van der Waals surface area contributed by atoms with E-state index in [1.54, 1.807) is 0 Å². The van der Waals surface area contributed by atoms with Crippen molar-refractivity contribution in [3.8, 4) is 0 Å². The molecule has 1 aromatic rings. The molecule has 0 atom stereocenters. The number of halogens is 3. The first-order valence-electron chi connectivity index (χ1n) is 6.81. The van der Waals surface area contributed by atoms with E-state index in [-0.39, 0.29) is 5.82 Å². The highest BCUT2D eigenvalue weighted by molar-refractivity contribution is 5.35. The molecule has 0 bridgehead atoms. The van der Waals surface area contributed by atoms with Crippen molar-refractivity contribution in [2.45, 2.75) is 39.0 Å². The SMILES string of the molecule is CC1CCC(CCNc2nc(F)c(F)cc2F)CC1. The number of nitrogens with zero attached hydrogens (tertiary/aromatic N) is 1. The number of pyridine rings is 1. The lowest BCUT2D eigenvalue weighted by Crippen LogP contribution is -2.16. The molecule has 0 spiro atoms. The first-order chi connectivity index (χ1) is 9.06. The summed E-state index contributed by atoms with van der Waals surface area (Å²) in [5.41, 5.74) is 0. The quantitative estimate of drug-likeness (QED) is 0.834. The second kappa shape index (κ2) is 6.26. The third-order valence-electron chi connectivity index (χ3n) is 3.87. The van der Waals surface area contributed by atoms with Crippen molar-refractivity contribution in [1.82, 2.24) is 4.98 Å². The smallest absolute Gasteiger partial charge is 0.251 e. The summed E-state index contributed by atoms with van der Waals surface area (Å²) in [6.45, 7) is 2.79. The molecule has 0 amide bonds. The molecule has 19 heavy (non-hydrogen) atoms. The number of hydrogen-bond acceptors (Lipinski definition) is 2. The average molecular weight is 272 g/mol. The Morgan fingerprint density at radius 2 is 1.84 bits per heavy atom. The second-order valence-corrected chi connectivity index (χ2v) is 5.43. The fourth-order valence-corrected chi connectivity index (χ4v) is 2.58. The molecule has 5 heteroatoms. The van der Waals surface area contributed by atoms with Gasteiger partial charge in [0.05, 0.1) is 0 Å². The topological polar surface area (TPSA) is 24.9 Å². The van der Waals surface area contributed by atoms with Gasteiger partial charge in [-0.05, 0) is 18.3 Å². The highest BCUT2D eigenvalue weighted by Crippen LogP contribution is 2.30. The maximum Gasteiger partial charge on any atom is 0.251 e. The Morgan fingerprint density at radius 3 is 2.53 bits per heavy atom. The van der Waals surface area contributed by atoms with E-state index in [1.165, 1.54) is 25.7 Å². The van der Waals surface area contributed by atoms with Crippen LogP contribution in [0.15, 0.2) is 6.07 Å². The Bertz CT molecular complexity index is 429. The molecule has 2 rings (SSSR count). The summed E-state index contributed by atoms with van der Waals surface area (Å²) in [7, 11) is 0. The predicted octanol–water partition coefficient (Wildman–Crippen LogP) is 4.13. The van der Waals surface area contributed by atoms with Gasteiger partial charge in [0.15, 0.2) is 17.5 Å². The van der Waals surface area contributed by atoms with Gasteiger partial charge in [-0.3, -0.25) is 0 Å². The minimum atomic E-state index is -1.27. The molecule has 0 saturated heterocycles. The van der Waals surface area contributed by atoms with E-state index >= 15 is 0 Å². The number of rotatable bonds is 4. The van der Waals surface area contributed by atoms with Crippen LogP contribution in [0, 0.1) is 29.4 Å². The van der Waals surface area contributed by atoms with E-state index in [0.29, 0.717) is 18.5 Å². The second-order valence-electron chi connectivity index (χ2n) is 5.43. The molecular weight excluding hydrogens is 253 g/mol. The lowest BCUT2D eigenvalue weighted by atomic mass is 9.81. The van der Waals surface area contributed by atoms with Gasteiger partial charge in [0.1, 0.15) is 0 Å². The summed E-state index contributed by atoms with van der Waals surface area (Å²) in [6.07, 6.45) is 5.77. The molecule has 1 N–H and O–H groups in total. The highest BCUT2D eigenvalue weighted by atomic mass is 19.2. The van der Waals surface area contributed by atoms with Crippen molar-refractivity contribution in [1.29, 1.82) is 0 Å². The molecule has 1 fully saturated rings. The van der Waals surface area contributed by atoms with E-state index in [4.69, 9.17) is 0 Å². The average Bonchev–Trinajstić information content (AvgIpc) is 2.38. The minimum Gasteiger partial charge on any atom is -0.368 e. The van der Waals surface area contributed by atoms with E-state index in [2.05, 4.69) is 17.2 Å². The van der Waals surface area contributed by atoms with Crippen molar-refractivity contribution >= 4 is 5.82 Å². The van der Waals surface area contributed by atoms with Crippen LogP contribution in [0.3, 0.4) is 0 Å². The number of hydrogen-bond donors (Lipinski definition) is 1. The van der Waals surface area contributed by atoms with Crippen molar-refractivity contribution in [2.24, 2.45) is 11.8 Å². The van der Waals surface area contributed by atoms with Crippen LogP contribution in [0.5, 0.6) is 0 Å². The van der Waals surface area contributed by atoms with Gasteiger partial charge in [-0.2, -0.15) is 9.37 Å². The molecule has 1 aliphatic carbocycles. The molecule has 1 aromatic heterocycles. The van der Waals surface area contributed by atoms with Crippen LogP contribution in [-0.2, 0) is 0 Å². The first kappa shape index (κ1) is 14.2. The molecule has 2 nitrogen and oxygen atoms in total. The molecule has 0 aromatic carbocycles. The van der Waals surface area contributed by atoms with Gasteiger partial charge in [-0.15, -0.1) is 0 Å². The Balaban J connectivity index is 1.81. The maximum absolute atomic E-state index is 13.3. The largest absolute Gasteiger partial charge is 0.368 e. The van der Waals surface area contributed by atoms with Gasteiger partial charge < -0.3 is 5.32 Å². The maximum atomic E-state index is 13.3. The zero-order valence-electron chi connectivity index (χ0n) is 11.1.